The number of rotatable bonds is 3. The topological polar surface area (TPSA) is 75.4 Å². The first kappa shape index (κ1) is 13.3. The smallest absolute Gasteiger partial charge is 0.276 e. The van der Waals surface area contributed by atoms with Crippen molar-refractivity contribution in [2.45, 2.75) is 57.0 Å². The zero-order valence-electron chi connectivity index (χ0n) is 10.3. The molecule has 6 heteroatoms. The predicted molar refractivity (Wildman–Crippen MR) is 67.7 cm³/mol. The third-order valence-corrected chi connectivity index (χ3v) is 4.98. The zero-order valence-corrected chi connectivity index (χ0v) is 11.1. The molecule has 1 saturated heterocycles. The molecule has 0 amide bonds. The summed E-state index contributed by atoms with van der Waals surface area (Å²) < 4.78 is 23.7. The highest BCUT2D eigenvalue weighted by Crippen LogP contribution is 2.20. The van der Waals surface area contributed by atoms with Crippen molar-refractivity contribution in [3.05, 3.63) is 0 Å². The Labute approximate surface area is 104 Å². The molecule has 0 radical (unpaired) electrons. The molecule has 0 spiro atoms. The lowest BCUT2D eigenvalue weighted by Crippen LogP contribution is -2.49. The molecule has 0 aromatic rings. The van der Waals surface area contributed by atoms with Crippen molar-refractivity contribution in [1.29, 1.82) is 0 Å². The van der Waals surface area contributed by atoms with Crippen LogP contribution in [-0.2, 0) is 10.2 Å². The van der Waals surface area contributed by atoms with Crippen LogP contribution in [0.5, 0.6) is 0 Å². The van der Waals surface area contributed by atoms with Gasteiger partial charge in [0, 0.05) is 25.2 Å². The van der Waals surface area contributed by atoms with Gasteiger partial charge in [0.1, 0.15) is 0 Å². The normalized spacial score (nSPS) is 26.2. The van der Waals surface area contributed by atoms with Gasteiger partial charge in [-0.25, -0.2) is 5.14 Å². The maximum absolute atomic E-state index is 11.2. The second-order valence-corrected chi connectivity index (χ2v) is 6.77. The van der Waals surface area contributed by atoms with Crippen molar-refractivity contribution < 1.29 is 8.42 Å². The maximum Gasteiger partial charge on any atom is 0.276 e. The van der Waals surface area contributed by atoms with E-state index in [0.29, 0.717) is 25.2 Å². The summed E-state index contributed by atoms with van der Waals surface area (Å²) in [5.74, 6) is 0. The molecule has 1 saturated carbocycles. The molecule has 1 aliphatic heterocycles. The molecule has 0 aromatic heterocycles. The van der Waals surface area contributed by atoms with Crippen molar-refractivity contribution in [2.24, 2.45) is 5.14 Å². The van der Waals surface area contributed by atoms with Crippen LogP contribution in [0.1, 0.15) is 44.9 Å². The summed E-state index contributed by atoms with van der Waals surface area (Å²) in [7, 11) is -3.48. The standard InChI is InChI=1S/C11H23N3O2S/c12-17(15,16)14-8-6-11(7-9-14)13-10-4-2-1-3-5-10/h10-11,13H,1-9H2,(H2,12,15,16). The first-order valence-electron chi connectivity index (χ1n) is 6.59. The van der Waals surface area contributed by atoms with E-state index in [2.05, 4.69) is 5.32 Å². The molecule has 100 valence electrons. The van der Waals surface area contributed by atoms with Crippen LogP contribution < -0.4 is 10.5 Å². The fourth-order valence-corrected chi connectivity index (χ4v) is 3.60. The van der Waals surface area contributed by atoms with Crippen LogP contribution in [0.25, 0.3) is 0 Å². The molecular formula is C11H23N3O2S. The average Bonchev–Trinajstić information content (AvgIpc) is 2.30. The third kappa shape index (κ3) is 3.91. The van der Waals surface area contributed by atoms with E-state index in [1.165, 1.54) is 36.4 Å². The van der Waals surface area contributed by atoms with Crippen molar-refractivity contribution in [2.75, 3.05) is 13.1 Å². The van der Waals surface area contributed by atoms with E-state index in [1.807, 2.05) is 0 Å². The predicted octanol–water partition coefficient (Wildman–Crippen LogP) is 0.577. The second kappa shape index (κ2) is 5.65. The van der Waals surface area contributed by atoms with Gasteiger partial charge in [-0.2, -0.15) is 12.7 Å². The molecule has 2 fully saturated rings. The highest BCUT2D eigenvalue weighted by molar-refractivity contribution is 7.86. The Morgan fingerprint density at radius 1 is 0.941 bits per heavy atom. The van der Waals surface area contributed by atoms with Crippen LogP contribution in [-0.4, -0.2) is 37.9 Å². The Bertz CT molecular complexity index is 331. The lowest BCUT2D eigenvalue weighted by Gasteiger charge is -2.34. The summed E-state index contributed by atoms with van der Waals surface area (Å²) in [5.41, 5.74) is 0. The van der Waals surface area contributed by atoms with Crippen molar-refractivity contribution in [3.8, 4) is 0 Å². The second-order valence-electron chi connectivity index (χ2n) is 5.22. The Kier molecular flexibility index (Phi) is 4.41. The molecule has 17 heavy (non-hydrogen) atoms. The maximum atomic E-state index is 11.2. The summed E-state index contributed by atoms with van der Waals surface area (Å²) in [5, 5.41) is 8.79. The highest BCUT2D eigenvalue weighted by Gasteiger charge is 2.26. The van der Waals surface area contributed by atoms with E-state index >= 15 is 0 Å². The van der Waals surface area contributed by atoms with E-state index in [-0.39, 0.29) is 0 Å². The van der Waals surface area contributed by atoms with Crippen LogP contribution in [0.15, 0.2) is 0 Å². The summed E-state index contributed by atoms with van der Waals surface area (Å²) >= 11 is 0. The van der Waals surface area contributed by atoms with Gasteiger partial charge in [0.05, 0.1) is 0 Å². The summed E-state index contributed by atoms with van der Waals surface area (Å²) in [4.78, 5) is 0. The first-order valence-corrected chi connectivity index (χ1v) is 8.10. The molecule has 1 heterocycles. The summed E-state index contributed by atoms with van der Waals surface area (Å²) in [6.07, 6.45) is 8.33. The van der Waals surface area contributed by atoms with E-state index in [1.54, 1.807) is 0 Å². The van der Waals surface area contributed by atoms with Crippen LogP contribution in [0.2, 0.25) is 0 Å². The van der Waals surface area contributed by atoms with Crippen LogP contribution >= 0.6 is 0 Å². The molecule has 3 N–H and O–H groups in total. The quantitative estimate of drug-likeness (QED) is 0.780. The number of piperidine rings is 1. The lowest BCUT2D eigenvalue weighted by molar-refractivity contribution is 0.252. The lowest BCUT2D eigenvalue weighted by atomic mass is 9.94. The number of nitrogens with zero attached hydrogens (tertiary/aromatic N) is 1. The Hall–Kier alpha value is -0.170. The minimum Gasteiger partial charge on any atom is -0.311 e. The van der Waals surface area contributed by atoms with Gasteiger partial charge in [-0.3, -0.25) is 0 Å². The summed E-state index contributed by atoms with van der Waals surface area (Å²) in [6, 6.07) is 1.12. The first-order chi connectivity index (χ1) is 8.05. The minimum absolute atomic E-state index is 0.469. The molecule has 5 nitrogen and oxygen atoms in total. The van der Waals surface area contributed by atoms with E-state index < -0.39 is 10.2 Å². The van der Waals surface area contributed by atoms with Crippen LogP contribution in [0, 0.1) is 0 Å². The fourth-order valence-electron chi connectivity index (χ4n) is 2.88. The highest BCUT2D eigenvalue weighted by atomic mass is 32.2. The van der Waals surface area contributed by atoms with Crippen molar-refractivity contribution in [3.63, 3.8) is 0 Å². The monoisotopic (exact) mass is 261 g/mol. The Balaban J connectivity index is 1.75. The molecule has 1 aliphatic carbocycles. The molecule has 0 atom stereocenters. The molecule has 2 aliphatic rings. The van der Waals surface area contributed by atoms with Gasteiger partial charge in [0.2, 0.25) is 0 Å². The number of nitrogens with one attached hydrogen (secondary N) is 1. The summed E-state index contributed by atoms with van der Waals surface area (Å²) in [6.45, 7) is 1.12. The number of hydrogen-bond acceptors (Lipinski definition) is 3. The van der Waals surface area contributed by atoms with E-state index in [9.17, 15) is 8.42 Å². The SMILES string of the molecule is NS(=O)(=O)N1CCC(NC2CCCCC2)CC1. The molecule has 2 rings (SSSR count). The molecule has 0 unspecified atom stereocenters. The van der Waals surface area contributed by atoms with Gasteiger partial charge >= 0.3 is 0 Å². The van der Waals surface area contributed by atoms with Crippen molar-refractivity contribution >= 4 is 10.2 Å². The molecular weight excluding hydrogens is 238 g/mol. The molecule has 0 aromatic carbocycles. The Morgan fingerprint density at radius 2 is 1.47 bits per heavy atom. The van der Waals surface area contributed by atoms with Gasteiger partial charge in [0.25, 0.3) is 10.2 Å². The average molecular weight is 261 g/mol. The van der Waals surface area contributed by atoms with Crippen molar-refractivity contribution in [1.82, 2.24) is 9.62 Å². The van der Waals surface area contributed by atoms with Gasteiger partial charge < -0.3 is 5.32 Å². The number of hydrogen-bond donors (Lipinski definition) is 2. The number of nitrogens with two attached hydrogens (primary N) is 1. The van der Waals surface area contributed by atoms with Crippen LogP contribution in [0.3, 0.4) is 0 Å². The molecule has 0 bridgehead atoms. The van der Waals surface area contributed by atoms with E-state index in [0.717, 1.165) is 12.8 Å². The fraction of sp³-hybridized carbons (Fsp3) is 1.00. The van der Waals surface area contributed by atoms with Crippen LogP contribution in [0.4, 0.5) is 0 Å². The van der Waals surface area contributed by atoms with Gasteiger partial charge in [-0.15, -0.1) is 0 Å². The zero-order chi connectivity index (χ0) is 12.3. The Morgan fingerprint density at radius 3 is 2.00 bits per heavy atom. The minimum atomic E-state index is -3.48. The van der Waals surface area contributed by atoms with Gasteiger partial charge in [0.15, 0.2) is 0 Å². The third-order valence-electron chi connectivity index (χ3n) is 3.89. The van der Waals surface area contributed by atoms with Gasteiger partial charge in [-0.05, 0) is 25.7 Å². The van der Waals surface area contributed by atoms with E-state index in [4.69, 9.17) is 5.14 Å². The van der Waals surface area contributed by atoms with Gasteiger partial charge in [-0.1, -0.05) is 19.3 Å². The largest absolute Gasteiger partial charge is 0.311 e.